The molecule has 3 N–H and O–H groups in total. The summed E-state index contributed by atoms with van der Waals surface area (Å²) in [7, 11) is 1.48. The summed E-state index contributed by atoms with van der Waals surface area (Å²) in [5.41, 5.74) is 5.56. The number of anilines is 1. The highest BCUT2D eigenvalue weighted by Crippen LogP contribution is 2.24. The fourth-order valence-corrected chi connectivity index (χ4v) is 2.01. The van der Waals surface area contributed by atoms with Gasteiger partial charge < -0.3 is 20.5 Å². The molecule has 20 heavy (non-hydrogen) atoms. The number of hydrogen-bond acceptors (Lipinski definition) is 4. The Kier molecular flexibility index (Phi) is 6.19. The molecule has 0 aromatic heterocycles. The fraction of sp³-hybridized carbons (Fsp3) is 0.462. The van der Waals surface area contributed by atoms with Crippen molar-refractivity contribution in [2.45, 2.75) is 25.0 Å². The maximum Gasteiger partial charge on any atom is 0.253 e. The number of hydrogen-bond donors (Lipinski definition) is 2. The van der Waals surface area contributed by atoms with Crippen molar-refractivity contribution in [3.63, 3.8) is 0 Å². The van der Waals surface area contributed by atoms with E-state index < -0.39 is 11.9 Å². The Labute approximate surface area is 123 Å². The van der Waals surface area contributed by atoms with E-state index in [9.17, 15) is 9.18 Å². The molecule has 0 bridgehead atoms. The van der Waals surface area contributed by atoms with Gasteiger partial charge in [-0.15, -0.1) is 12.4 Å². The fourth-order valence-electron chi connectivity index (χ4n) is 2.01. The molecule has 0 radical (unpaired) electrons. The van der Waals surface area contributed by atoms with Crippen LogP contribution in [0.1, 0.15) is 12.8 Å². The Hall–Kier alpha value is -1.37. The van der Waals surface area contributed by atoms with Crippen LogP contribution >= 0.6 is 12.4 Å². The van der Waals surface area contributed by atoms with Gasteiger partial charge in [-0.25, -0.2) is 4.39 Å². The molecule has 0 spiro atoms. The molecule has 5 nitrogen and oxygen atoms in total. The predicted octanol–water partition coefficient (Wildman–Crippen LogP) is 1.70. The molecule has 1 aromatic carbocycles. The molecule has 0 aliphatic carbocycles. The zero-order valence-electron chi connectivity index (χ0n) is 11.1. The highest BCUT2D eigenvalue weighted by atomic mass is 35.5. The van der Waals surface area contributed by atoms with Crippen LogP contribution < -0.4 is 15.8 Å². The van der Waals surface area contributed by atoms with Crippen LogP contribution in [0, 0.1) is 5.82 Å². The second-order valence-corrected chi connectivity index (χ2v) is 4.39. The molecule has 7 heteroatoms. The molecule has 1 aromatic rings. The second-order valence-electron chi connectivity index (χ2n) is 4.39. The summed E-state index contributed by atoms with van der Waals surface area (Å²) in [5, 5.41) is 2.51. The lowest BCUT2D eigenvalue weighted by molar-refractivity contribution is -0.126. The standard InChI is InChI=1S/C13H17FN2O3.ClH/c1-18-8-2-4-10(14)11(6-8)16-13(17)12-5-3-9(7-15)19-12;/h2,4,6,9,12H,3,5,7,15H2,1H3,(H,16,17);1H/t9-,12+;/m1./s1. The zero-order chi connectivity index (χ0) is 13.8. The van der Waals surface area contributed by atoms with Gasteiger partial charge in [0.25, 0.3) is 5.91 Å². The molecule has 0 unspecified atom stereocenters. The van der Waals surface area contributed by atoms with E-state index in [4.69, 9.17) is 15.2 Å². The van der Waals surface area contributed by atoms with Gasteiger partial charge in [-0.05, 0) is 25.0 Å². The van der Waals surface area contributed by atoms with E-state index >= 15 is 0 Å². The van der Waals surface area contributed by atoms with Crippen molar-refractivity contribution < 1.29 is 18.7 Å². The van der Waals surface area contributed by atoms with E-state index in [1.807, 2.05) is 0 Å². The van der Waals surface area contributed by atoms with Crippen LogP contribution in [0.4, 0.5) is 10.1 Å². The van der Waals surface area contributed by atoms with Crippen molar-refractivity contribution in [3.8, 4) is 5.75 Å². The Morgan fingerprint density at radius 1 is 1.55 bits per heavy atom. The minimum absolute atomic E-state index is 0. The average molecular weight is 305 g/mol. The van der Waals surface area contributed by atoms with Crippen LogP contribution in [0.5, 0.6) is 5.75 Å². The summed E-state index contributed by atoms with van der Waals surface area (Å²) in [5.74, 6) is -0.394. The second kappa shape index (κ2) is 7.42. The molecule has 1 aliphatic rings. The van der Waals surface area contributed by atoms with Crippen LogP contribution in [0.3, 0.4) is 0 Å². The van der Waals surface area contributed by atoms with Crippen molar-refractivity contribution in [3.05, 3.63) is 24.0 Å². The summed E-state index contributed by atoms with van der Waals surface area (Å²) < 4.78 is 24.0. The first-order valence-corrected chi connectivity index (χ1v) is 6.14. The summed E-state index contributed by atoms with van der Waals surface area (Å²) in [6, 6.07) is 4.16. The lowest BCUT2D eigenvalue weighted by Crippen LogP contribution is -2.30. The van der Waals surface area contributed by atoms with E-state index in [1.165, 1.54) is 25.3 Å². The number of nitrogens with one attached hydrogen (secondary N) is 1. The van der Waals surface area contributed by atoms with Gasteiger partial charge in [0.1, 0.15) is 17.7 Å². The molecule has 2 rings (SSSR count). The lowest BCUT2D eigenvalue weighted by atomic mass is 10.2. The van der Waals surface area contributed by atoms with Gasteiger partial charge >= 0.3 is 0 Å². The SMILES string of the molecule is COc1ccc(F)c(NC(=O)[C@@H]2CC[C@H](CN)O2)c1.Cl. The number of carbonyl (C=O) groups excluding carboxylic acids is 1. The van der Waals surface area contributed by atoms with E-state index in [0.29, 0.717) is 18.7 Å². The number of ether oxygens (including phenoxy) is 2. The van der Waals surface area contributed by atoms with Crippen LogP contribution in [-0.2, 0) is 9.53 Å². The Bertz CT molecular complexity index is 473. The quantitative estimate of drug-likeness (QED) is 0.888. The summed E-state index contributed by atoms with van der Waals surface area (Å²) in [4.78, 5) is 11.9. The molecule has 1 fully saturated rings. The number of carbonyl (C=O) groups is 1. The smallest absolute Gasteiger partial charge is 0.253 e. The van der Waals surface area contributed by atoms with E-state index in [1.54, 1.807) is 0 Å². The molecule has 1 saturated heterocycles. The maximum atomic E-state index is 13.6. The first-order valence-electron chi connectivity index (χ1n) is 6.14. The largest absolute Gasteiger partial charge is 0.497 e. The van der Waals surface area contributed by atoms with Crippen LogP contribution in [0.25, 0.3) is 0 Å². The minimum Gasteiger partial charge on any atom is -0.497 e. The molecule has 112 valence electrons. The molecule has 0 saturated carbocycles. The molecule has 2 atom stereocenters. The van der Waals surface area contributed by atoms with Crippen LogP contribution in [0.2, 0.25) is 0 Å². The Morgan fingerprint density at radius 2 is 2.30 bits per heavy atom. The maximum absolute atomic E-state index is 13.6. The third-order valence-electron chi connectivity index (χ3n) is 3.09. The van der Waals surface area contributed by atoms with Gasteiger partial charge in [0.2, 0.25) is 0 Å². The normalized spacial score (nSPS) is 21.1. The third-order valence-corrected chi connectivity index (χ3v) is 3.09. The van der Waals surface area contributed by atoms with Crippen molar-refractivity contribution in [2.75, 3.05) is 19.0 Å². The van der Waals surface area contributed by atoms with Gasteiger partial charge in [-0.3, -0.25) is 4.79 Å². The number of amides is 1. The predicted molar refractivity (Wildman–Crippen MR) is 75.8 cm³/mol. The molecular weight excluding hydrogens is 287 g/mol. The van der Waals surface area contributed by atoms with Gasteiger partial charge in [0, 0.05) is 12.6 Å². The van der Waals surface area contributed by atoms with E-state index in [0.717, 1.165) is 6.42 Å². The molecule has 1 amide bonds. The number of benzene rings is 1. The van der Waals surface area contributed by atoms with Crippen molar-refractivity contribution in [2.24, 2.45) is 5.73 Å². The first-order chi connectivity index (χ1) is 9.13. The highest BCUT2D eigenvalue weighted by Gasteiger charge is 2.30. The number of halogens is 2. The molecular formula is C13H18ClFN2O3. The lowest BCUT2D eigenvalue weighted by Gasteiger charge is -2.13. The minimum atomic E-state index is -0.570. The third kappa shape index (κ3) is 3.82. The molecule has 1 heterocycles. The topological polar surface area (TPSA) is 73.6 Å². The van der Waals surface area contributed by atoms with Gasteiger partial charge in [0.05, 0.1) is 18.9 Å². The van der Waals surface area contributed by atoms with Crippen LogP contribution in [0.15, 0.2) is 18.2 Å². The zero-order valence-corrected chi connectivity index (χ0v) is 11.9. The van der Waals surface area contributed by atoms with Crippen LogP contribution in [-0.4, -0.2) is 31.8 Å². The van der Waals surface area contributed by atoms with Gasteiger partial charge in [-0.1, -0.05) is 0 Å². The van der Waals surface area contributed by atoms with Crippen molar-refractivity contribution >= 4 is 24.0 Å². The van der Waals surface area contributed by atoms with E-state index in [2.05, 4.69) is 5.32 Å². The summed E-state index contributed by atoms with van der Waals surface area (Å²) in [6.45, 7) is 0.386. The van der Waals surface area contributed by atoms with Gasteiger partial charge in [0.15, 0.2) is 0 Å². The monoisotopic (exact) mass is 304 g/mol. The first kappa shape index (κ1) is 16.7. The number of rotatable bonds is 4. The van der Waals surface area contributed by atoms with Crippen molar-refractivity contribution in [1.29, 1.82) is 0 Å². The average Bonchev–Trinajstić information content (AvgIpc) is 2.90. The van der Waals surface area contributed by atoms with Gasteiger partial charge in [-0.2, -0.15) is 0 Å². The highest BCUT2D eigenvalue weighted by molar-refractivity contribution is 5.94. The molecule has 1 aliphatic heterocycles. The Morgan fingerprint density at radius 3 is 2.90 bits per heavy atom. The summed E-state index contributed by atoms with van der Waals surface area (Å²) in [6.07, 6.45) is 0.680. The van der Waals surface area contributed by atoms with E-state index in [-0.39, 0.29) is 30.1 Å². The van der Waals surface area contributed by atoms with Crippen molar-refractivity contribution in [1.82, 2.24) is 0 Å². The number of nitrogens with two attached hydrogens (primary N) is 1. The Balaban J connectivity index is 0.00000200. The summed E-state index contributed by atoms with van der Waals surface area (Å²) >= 11 is 0. The number of methoxy groups -OCH3 is 1.